The SMILES string of the molecule is CC(=O)NCC#Cc1ccccc1Cl. The van der Waals surface area contributed by atoms with E-state index in [1.165, 1.54) is 6.92 Å². The molecule has 1 aromatic rings. The van der Waals surface area contributed by atoms with Crippen LogP contribution in [0.1, 0.15) is 12.5 Å². The second kappa shape index (κ2) is 5.31. The molecule has 0 aliphatic rings. The zero-order valence-electron chi connectivity index (χ0n) is 7.80. The van der Waals surface area contributed by atoms with E-state index in [0.29, 0.717) is 11.6 Å². The van der Waals surface area contributed by atoms with E-state index >= 15 is 0 Å². The van der Waals surface area contributed by atoms with Gasteiger partial charge in [0.05, 0.1) is 11.6 Å². The van der Waals surface area contributed by atoms with Gasteiger partial charge in [-0.3, -0.25) is 4.79 Å². The molecule has 1 amide bonds. The molecule has 0 saturated carbocycles. The molecule has 1 N–H and O–H groups in total. The lowest BCUT2D eigenvalue weighted by atomic mass is 10.2. The van der Waals surface area contributed by atoms with Gasteiger partial charge in [-0.1, -0.05) is 35.6 Å². The van der Waals surface area contributed by atoms with Crippen LogP contribution in [0.3, 0.4) is 0 Å². The quantitative estimate of drug-likeness (QED) is 0.700. The lowest BCUT2D eigenvalue weighted by Gasteiger charge is -1.94. The Hall–Kier alpha value is -1.46. The van der Waals surface area contributed by atoms with Gasteiger partial charge in [-0.15, -0.1) is 0 Å². The van der Waals surface area contributed by atoms with Gasteiger partial charge in [0.1, 0.15) is 0 Å². The fourth-order valence-corrected chi connectivity index (χ4v) is 1.05. The fourth-order valence-electron chi connectivity index (χ4n) is 0.871. The van der Waals surface area contributed by atoms with Crippen molar-refractivity contribution in [1.29, 1.82) is 0 Å². The molecule has 0 aliphatic carbocycles. The number of halogens is 1. The average molecular weight is 208 g/mol. The summed E-state index contributed by atoms with van der Waals surface area (Å²) in [5, 5.41) is 3.21. The molecule has 1 rings (SSSR count). The van der Waals surface area contributed by atoms with Crippen LogP contribution in [0, 0.1) is 11.8 Å². The van der Waals surface area contributed by atoms with E-state index in [1.807, 2.05) is 18.2 Å². The molecule has 0 heterocycles. The normalized spacial score (nSPS) is 8.71. The van der Waals surface area contributed by atoms with Crippen LogP contribution in [0.5, 0.6) is 0 Å². The smallest absolute Gasteiger partial charge is 0.217 e. The predicted molar refractivity (Wildman–Crippen MR) is 57.0 cm³/mol. The van der Waals surface area contributed by atoms with Crippen LogP contribution in [0.25, 0.3) is 0 Å². The van der Waals surface area contributed by atoms with E-state index in [4.69, 9.17) is 11.6 Å². The summed E-state index contributed by atoms with van der Waals surface area (Å²) in [6, 6.07) is 7.34. The Labute approximate surface area is 88.3 Å². The largest absolute Gasteiger partial charge is 0.345 e. The van der Waals surface area contributed by atoms with E-state index in [2.05, 4.69) is 17.2 Å². The minimum absolute atomic E-state index is 0.0848. The summed E-state index contributed by atoms with van der Waals surface area (Å²) >= 11 is 5.88. The van der Waals surface area contributed by atoms with Gasteiger partial charge in [0.25, 0.3) is 0 Å². The zero-order valence-corrected chi connectivity index (χ0v) is 8.56. The van der Waals surface area contributed by atoms with E-state index in [1.54, 1.807) is 6.07 Å². The van der Waals surface area contributed by atoms with E-state index in [0.717, 1.165) is 5.56 Å². The van der Waals surface area contributed by atoms with Crippen LogP contribution < -0.4 is 5.32 Å². The van der Waals surface area contributed by atoms with Gasteiger partial charge < -0.3 is 5.32 Å². The highest BCUT2D eigenvalue weighted by atomic mass is 35.5. The number of benzene rings is 1. The Bertz CT molecular complexity index is 390. The molecule has 0 radical (unpaired) electrons. The monoisotopic (exact) mass is 207 g/mol. The molecule has 0 unspecified atom stereocenters. The van der Waals surface area contributed by atoms with Gasteiger partial charge >= 0.3 is 0 Å². The van der Waals surface area contributed by atoms with Crippen LogP contribution in [0.2, 0.25) is 5.02 Å². The number of amides is 1. The summed E-state index contributed by atoms with van der Waals surface area (Å²) in [5.74, 6) is 5.59. The first kappa shape index (κ1) is 10.6. The van der Waals surface area contributed by atoms with Crippen molar-refractivity contribution in [2.45, 2.75) is 6.92 Å². The number of hydrogen-bond donors (Lipinski definition) is 1. The van der Waals surface area contributed by atoms with Crippen molar-refractivity contribution in [2.24, 2.45) is 0 Å². The van der Waals surface area contributed by atoms with Gasteiger partial charge in [0.2, 0.25) is 5.91 Å². The molecule has 14 heavy (non-hydrogen) atoms. The zero-order chi connectivity index (χ0) is 10.4. The molecule has 72 valence electrons. The molecule has 0 saturated heterocycles. The van der Waals surface area contributed by atoms with Crippen LogP contribution in [-0.4, -0.2) is 12.5 Å². The molecule has 0 atom stereocenters. The van der Waals surface area contributed by atoms with Gasteiger partial charge in [-0.2, -0.15) is 0 Å². The molecule has 0 fully saturated rings. The maximum Gasteiger partial charge on any atom is 0.217 e. The summed E-state index contributed by atoms with van der Waals surface area (Å²) in [5.41, 5.74) is 0.777. The molecule has 0 aromatic heterocycles. The molecular weight excluding hydrogens is 198 g/mol. The first-order chi connectivity index (χ1) is 6.70. The average Bonchev–Trinajstić information content (AvgIpc) is 2.15. The molecule has 3 heteroatoms. The van der Waals surface area contributed by atoms with Crippen LogP contribution in [-0.2, 0) is 4.79 Å². The first-order valence-electron chi connectivity index (χ1n) is 4.18. The van der Waals surface area contributed by atoms with Gasteiger partial charge in [-0.05, 0) is 12.1 Å². The standard InChI is InChI=1S/C11H10ClNO/c1-9(14)13-8-4-6-10-5-2-3-7-11(10)12/h2-3,5,7H,8H2,1H3,(H,13,14). The van der Waals surface area contributed by atoms with Crippen LogP contribution in [0.15, 0.2) is 24.3 Å². The number of carbonyl (C=O) groups excluding carboxylic acids is 1. The lowest BCUT2D eigenvalue weighted by molar-refractivity contribution is -0.118. The van der Waals surface area contributed by atoms with Gasteiger partial charge in [-0.25, -0.2) is 0 Å². The van der Waals surface area contributed by atoms with Crippen molar-refractivity contribution in [2.75, 3.05) is 6.54 Å². The molecule has 0 spiro atoms. The van der Waals surface area contributed by atoms with Gasteiger partial charge in [0.15, 0.2) is 0 Å². The summed E-state index contributed by atoms with van der Waals surface area (Å²) in [6.07, 6.45) is 0. The Morgan fingerprint density at radius 3 is 2.86 bits per heavy atom. The van der Waals surface area contributed by atoms with Crippen molar-refractivity contribution < 1.29 is 4.79 Å². The van der Waals surface area contributed by atoms with Gasteiger partial charge in [0, 0.05) is 12.5 Å². The fraction of sp³-hybridized carbons (Fsp3) is 0.182. The summed E-state index contributed by atoms with van der Waals surface area (Å²) < 4.78 is 0. The maximum absolute atomic E-state index is 10.5. The second-order valence-electron chi connectivity index (χ2n) is 2.69. The Morgan fingerprint density at radius 2 is 2.21 bits per heavy atom. The minimum Gasteiger partial charge on any atom is -0.345 e. The number of carbonyl (C=O) groups is 1. The van der Waals surface area contributed by atoms with Crippen molar-refractivity contribution in [3.8, 4) is 11.8 Å². The summed E-state index contributed by atoms with van der Waals surface area (Å²) in [4.78, 5) is 10.5. The Kier molecular flexibility index (Phi) is 4.03. The molecule has 2 nitrogen and oxygen atoms in total. The molecule has 0 bridgehead atoms. The third-order valence-electron chi connectivity index (χ3n) is 1.52. The van der Waals surface area contributed by atoms with E-state index < -0.39 is 0 Å². The first-order valence-corrected chi connectivity index (χ1v) is 4.56. The third-order valence-corrected chi connectivity index (χ3v) is 1.85. The van der Waals surface area contributed by atoms with Crippen LogP contribution >= 0.6 is 11.6 Å². The third kappa shape index (κ3) is 3.51. The Balaban J connectivity index is 2.59. The topological polar surface area (TPSA) is 29.1 Å². The molecular formula is C11H10ClNO. The van der Waals surface area contributed by atoms with E-state index in [-0.39, 0.29) is 5.91 Å². The Morgan fingerprint density at radius 1 is 1.50 bits per heavy atom. The molecule has 1 aromatic carbocycles. The summed E-state index contributed by atoms with van der Waals surface area (Å²) in [7, 11) is 0. The number of rotatable bonds is 1. The second-order valence-corrected chi connectivity index (χ2v) is 3.10. The highest BCUT2D eigenvalue weighted by Gasteiger charge is 1.92. The predicted octanol–water partition coefficient (Wildman–Crippen LogP) is 1.83. The number of hydrogen-bond acceptors (Lipinski definition) is 1. The van der Waals surface area contributed by atoms with Crippen LogP contribution in [0.4, 0.5) is 0 Å². The van der Waals surface area contributed by atoms with Crippen molar-refractivity contribution in [1.82, 2.24) is 5.32 Å². The molecule has 0 aliphatic heterocycles. The summed E-state index contributed by atoms with van der Waals surface area (Å²) in [6.45, 7) is 1.80. The maximum atomic E-state index is 10.5. The number of nitrogens with one attached hydrogen (secondary N) is 1. The van der Waals surface area contributed by atoms with E-state index in [9.17, 15) is 4.79 Å². The lowest BCUT2D eigenvalue weighted by Crippen LogP contribution is -2.19. The highest BCUT2D eigenvalue weighted by molar-refractivity contribution is 6.31. The van der Waals surface area contributed by atoms with Crippen molar-refractivity contribution >= 4 is 17.5 Å². The van der Waals surface area contributed by atoms with Crippen molar-refractivity contribution in [3.63, 3.8) is 0 Å². The minimum atomic E-state index is -0.0848. The highest BCUT2D eigenvalue weighted by Crippen LogP contribution is 2.12. The van der Waals surface area contributed by atoms with Crippen molar-refractivity contribution in [3.05, 3.63) is 34.9 Å².